The van der Waals surface area contributed by atoms with E-state index < -0.39 is 0 Å². The molecule has 2 aliphatic rings. The van der Waals surface area contributed by atoms with Gasteiger partial charge >= 0.3 is 0 Å². The third-order valence-corrected chi connectivity index (χ3v) is 6.40. The lowest BCUT2D eigenvalue weighted by Gasteiger charge is -2.30. The number of rotatable bonds is 4. The average Bonchev–Trinajstić information content (AvgIpc) is 3.42. The van der Waals surface area contributed by atoms with Crippen LogP contribution in [0.2, 0.25) is 0 Å². The molecule has 2 saturated heterocycles. The number of nitrogens with zero attached hydrogens (tertiary/aromatic N) is 5. The Morgan fingerprint density at radius 1 is 1.13 bits per heavy atom. The van der Waals surface area contributed by atoms with Crippen LogP contribution in [0.15, 0.2) is 42.6 Å². The van der Waals surface area contributed by atoms with Gasteiger partial charge in [0, 0.05) is 19.6 Å². The maximum atomic E-state index is 13.8. The highest BCUT2D eigenvalue weighted by atomic mass is 19.1. The molecule has 0 aliphatic carbocycles. The first kappa shape index (κ1) is 19.9. The maximum absolute atomic E-state index is 13.8. The minimum atomic E-state index is -0.228. The number of piperidine rings is 1. The van der Waals surface area contributed by atoms with Crippen molar-refractivity contribution in [1.29, 1.82) is 0 Å². The molecular formula is C23H27FN6O. The van der Waals surface area contributed by atoms with Gasteiger partial charge in [0.15, 0.2) is 11.3 Å². The van der Waals surface area contributed by atoms with Crippen molar-refractivity contribution in [2.75, 3.05) is 24.5 Å². The number of hydrazine groups is 1. The number of hydrogen-bond donors (Lipinski definition) is 1. The molecule has 8 heteroatoms. The summed E-state index contributed by atoms with van der Waals surface area (Å²) < 4.78 is 15.4. The molecule has 2 aromatic heterocycles. The molecule has 5 rings (SSSR count). The predicted octanol–water partition coefficient (Wildman–Crippen LogP) is 3.59. The van der Waals surface area contributed by atoms with Gasteiger partial charge in [-0.3, -0.25) is 10.2 Å². The van der Waals surface area contributed by atoms with Crippen LogP contribution in [0.4, 0.5) is 10.2 Å². The summed E-state index contributed by atoms with van der Waals surface area (Å²) in [5, 5.41) is 6.73. The summed E-state index contributed by atoms with van der Waals surface area (Å²) >= 11 is 0. The monoisotopic (exact) mass is 422 g/mol. The van der Waals surface area contributed by atoms with Crippen molar-refractivity contribution < 1.29 is 9.18 Å². The number of anilines is 1. The van der Waals surface area contributed by atoms with Gasteiger partial charge in [0.05, 0.1) is 12.2 Å². The van der Waals surface area contributed by atoms with Gasteiger partial charge in [-0.05, 0) is 61.4 Å². The fourth-order valence-electron chi connectivity index (χ4n) is 4.59. The zero-order valence-corrected chi connectivity index (χ0v) is 17.7. The maximum Gasteiger partial charge on any atom is 0.285 e. The van der Waals surface area contributed by atoms with E-state index in [1.54, 1.807) is 22.8 Å². The number of halogens is 1. The third kappa shape index (κ3) is 3.99. The van der Waals surface area contributed by atoms with Gasteiger partial charge in [0.25, 0.3) is 5.91 Å². The van der Waals surface area contributed by atoms with Crippen LogP contribution in [-0.4, -0.2) is 45.1 Å². The topological polar surface area (TPSA) is 65.8 Å². The highest BCUT2D eigenvalue weighted by Crippen LogP contribution is 2.35. The van der Waals surface area contributed by atoms with Gasteiger partial charge in [0.2, 0.25) is 0 Å². The number of carbonyl (C=O) groups is 1. The Bertz CT molecular complexity index is 1090. The van der Waals surface area contributed by atoms with E-state index in [2.05, 4.69) is 22.2 Å². The van der Waals surface area contributed by atoms with Crippen molar-refractivity contribution in [2.45, 2.75) is 38.6 Å². The van der Waals surface area contributed by atoms with Crippen LogP contribution < -0.4 is 10.3 Å². The number of benzene rings is 1. The fourth-order valence-corrected chi connectivity index (χ4v) is 4.59. The Morgan fingerprint density at radius 2 is 1.97 bits per heavy atom. The molecule has 0 unspecified atom stereocenters. The zero-order valence-electron chi connectivity index (χ0n) is 17.7. The van der Waals surface area contributed by atoms with Crippen molar-refractivity contribution in [1.82, 2.24) is 25.0 Å². The Balaban J connectivity index is 1.40. The minimum absolute atomic E-state index is 0.0665. The predicted molar refractivity (Wildman–Crippen MR) is 116 cm³/mol. The number of imidazole rings is 1. The summed E-state index contributed by atoms with van der Waals surface area (Å²) in [6.07, 6.45) is 5.67. The van der Waals surface area contributed by atoms with Crippen molar-refractivity contribution in [3.05, 3.63) is 59.7 Å². The highest BCUT2D eigenvalue weighted by molar-refractivity contribution is 5.92. The van der Waals surface area contributed by atoms with Crippen LogP contribution in [0.3, 0.4) is 0 Å². The van der Waals surface area contributed by atoms with E-state index in [9.17, 15) is 9.18 Å². The molecule has 0 radical (unpaired) electrons. The second kappa shape index (κ2) is 8.26. The summed E-state index contributed by atoms with van der Waals surface area (Å²) in [4.78, 5) is 19.5. The molecule has 1 N–H and O–H groups in total. The number of nitrogens with one attached hydrogen (secondary N) is 1. The van der Waals surface area contributed by atoms with Gasteiger partial charge in [-0.1, -0.05) is 19.1 Å². The molecule has 0 bridgehead atoms. The second-order valence-electron chi connectivity index (χ2n) is 8.62. The Kier molecular flexibility index (Phi) is 5.31. The lowest BCUT2D eigenvalue weighted by molar-refractivity contribution is 0.0704. The molecule has 0 spiro atoms. The van der Waals surface area contributed by atoms with E-state index >= 15 is 0 Å². The number of fused-ring (bicyclic) bond motifs is 1. The Hall–Kier alpha value is -3.00. The van der Waals surface area contributed by atoms with E-state index in [4.69, 9.17) is 5.10 Å². The van der Waals surface area contributed by atoms with Crippen molar-refractivity contribution in [3.63, 3.8) is 0 Å². The van der Waals surface area contributed by atoms with Crippen LogP contribution in [0.5, 0.6) is 0 Å². The van der Waals surface area contributed by atoms with E-state index in [1.807, 2.05) is 23.2 Å². The van der Waals surface area contributed by atoms with Gasteiger partial charge in [-0.15, -0.1) is 5.10 Å². The Morgan fingerprint density at radius 3 is 2.77 bits per heavy atom. The largest absolute Gasteiger partial charge is 0.348 e. The number of aromatic nitrogens is 3. The van der Waals surface area contributed by atoms with E-state index in [0.29, 0.717) is 17.3 Å². The molecule has 0 saturated carbocycles. The first-order valence-electron chi connectivity index (χ1n) is 11.0. The van der Waals surface area contributed by atoms with Crippen LogP contribution in [0, 0.1) is 11.7 Å². The van der Waals surface area contributed by atoms with Crippen LogP contribution in [-0.2, 0) is 0 Å². The lowest BCUT2D eigenvalue weighted by atomic mass is 10.0. The Labute approximate surface area is 180 Å². The average molecular weight is 423 g/mol. The summed E-state index contributed by atoms with van der Waals surface area (Å²) in [7, 11) is 0. The van der Waals surface area contributed by atoms with E-state index in [1.165, 1.54) is 6.07 Å². The first-order chi connectivity index (χ1) is 15.1. The van der Waals surface area contributed by atoms with Gasteiger partial charge in [-0.2, -0.15) is 0 Å². The zero-order chi connectivity index (χ0) is 21.4. The molecule has 4 heterocycles. The molecule has 1 aromatic carbocycles. The normalized spacial score (nSPS) is 20.5. The second-order valence-corrected chi connectivity index (χ2v) is 8.62. The standard InChI is InChI=1S/C23H27FN6O/c1-16-9-12-28(13-10-16)27-23(31)20-15-25-21-7-8-22(26-30(20)21)29-11-3-6-19(29)17-4-2-5-18(24)14-17/h2,4-5,7-8,14-16,19H,3,6,9-13H2,1H3,(H,27,31)/t19-/m1/s1. The van der Waals surface area contributed by atoms with Gasteiger partial charge < -0.3 is 4.90 Å². The minimum Gasteiger partial charge on any atom is -0.348 e. The quantitative estimate of drug-likeness (QED) is 0.696. The molecule has 3 aromatic rings. The van der Waals surface area contributed by atoms with E-state index in [-0.39, 0.29) is 17.8 Å². The summed E-state index contributed by atoms with van der Waals surface area (Å²) in [6.45, 7) is 4.78. The first-order valence-corrected chi connectivity index (χ1v) is 11.0. The molecular weight excluding hydrogens is 395 g/mol. The van der Waals surface area contributed by atoms with Crippen molar-refractivity contribution in [2.24, 2.45) is 5.92 Å². The van der Waals surface area contributed by atoms with Crippen LogP contribution in [0.1, 0.15) is 54.7 Å². The number of carbonyl (C=O) groups excluding carboxylic acids is 1. The summed E-state index contributed by atoms with van der Waals surface area (Å²) in [5.41, 5.74) is 4.99. The fraction of sp³-hybridized carbons (Fsp3) is 0.435. The smallest absolute Gasteiger partial charge is 0.285 e. The van der Waals surface area contributed by atoms with Gasteiger partial charge in [-0.25, -0.2) is 18.9 Å². The van der Waals surface area contributed by atoms with Gasteiger partial charge in [0.1, 0.15) is 11.6 Å². The molecule has 162 valence electrons. The van der Waals surface area contributed by atoms with Crippen molar-refractivity contribution in [3.8, 4) is 0 Å². The SMILES string of the molecule is CC1CCN(NC(=O)c2cnc3ccc(N4CCC[C@@H]4c4cccc(F)c4)nn23)CC1. The summed E-state index contributed by atoms with van der Waals surface area (Å²) in [5.74, 6) is 1.03. The molecule has 31 heavy (non-hydrogen) atoms. The highest BCUT2D eigenvalue weighted by Gasteiger charge is 2.28. The molecule has 7 nitrogen and oxygen atoms in total. The van der Waals surface area contributed by atoms with E-state index in [0.717, 1.165) is 56.7 Å². The third-order valence-electron chi connectivity index (χ3n) is 6.40. The number of amides is 1. The molecule has 2 aliphatic heterocycles. The molecule has 2 fully saturated rings. The number of hydrogen-bond acceptors (Lipinski definition) is 5. The van der Waals surface area contributed by atoms with Crippen molar-refractivity contribution >= 4 is 17.4 Å². The summed E-state index contributed by atoms with van der Waals surface area (Å²) in [6, 6.07) is 10.6. The molecule has 1 amide bonds. The van der Waals surface area contributed by atoms with Crippen LogP contribution in [0.25, 0.3) is 5.65 Å². The van der Waals surface area contributed by atoms with Crippen LogP contribution >= 0.6 is 0 Å². The lowest BCUT2D eigenvalue weighted by Crippen LogP contribution is -2.46. The molecule has 1 atom stereocenters.